The summed E-state index contributed by atoms with van der Waals surface area (Å²) in [4.78, 5) is 53.0. The fourth-order valence-corrected chi connectivity index (χ4v) is 7.04. The number of hydrogen-bond donors (Lipinski definition) is 3. The number of aryl methyl sites for hydroxylation is 1. The number of benzene rings is 3. The van der Waals surface area contributed by atoms with Gasteiger partial charge in [0.15, 0.2) is 0 Å². The Morgan fingerprint density at radius 2 is 1.49 bits per heavy atom. The van der Waals surface area contributed by atoms with Gasteiger partial charge in [0.05, 0.1) is 0 Å². The summed E-state index contributed by atoms with van der Waals surface area (Å²) in [6, 6.07) is 22.9. The molecule has 0 fully saturated rings. The molecule has 43 heavy (non-hydrogen) atoms. The maximum Gasteiger partial charge on any atom is 0.253 e. The van der Waals surface area contributed by atoms with Crippen molar-refractivity contribution in [3.05, 3.63) is 101 Å². The SMILES string of the molecule is CCCN(CCC)C(=O)c1cccc(C(=O)NC(Cc2ccccc2)P(=O)(O)CC(CC)C(=O)Nc2ccc(C)cc2)c1. The number of carbonyl (C=O) groups excluding carboxylic acids is 3. The third kappa shape index (κ3) is 9.91. The van der Waals surface area contributed by atoms with Crippen LogP contribution in [0, 0.1) is 12.8 Å². The zero-order valence-electron chi connectivity index (χ0n) is 25.6. The molecule has 0 saturated heterocycles. The lowest BCUT2D eigenvalue weighted by Crippen LogP contribution is -2.39. The van der Waals surface area contributed by atoms with Crippen LogP contribution in [0.4, 0.5) is 5.69 Å². The number of carbonyl (C=O) groups is 3. The fourth-order valence-electron chi connectivity index (χ4n) is 4.92. The van der Waals surface area contributed by atoms with Crippen LogP contribution in [0.5, 0.6) is 0 Å². The summed E-state index contributed by atoms with van der Waals surface area (Å²) < 4.78 is 14.0. The van der Waals surface area contributed by atoms with E-state index in [1.54, 1.807) is 42.2 Å². The molecule has 0 saturated carbocycles. The minimum absolute atomic E-state index is 0.107. The Bertz CT molecular complexity index is 1410. The van der Waals surface area contributed by atoms with Crippen molar-refractivity contribution in [3.63, 3.8) is 0 Å². The molecule has 3 aromatic carbocycles. The van der Waals surface area contributed by atoms with Gasteiger partial charge in [-0.3, -0.25) is 18.9 Å². The van der Waals surface area contributed by atoms with E-state index in [4.69, 9.17) is 0 Å². The lowest BCUT2D eigenvalue weighted by molar-refractivity contribution is -0.119. The Hall–Kier alpha value is -3.74. The van der Waals surface area contributed by atoms with E-state index in [1.807, 2.05) is 63.2 Å². The first-order valence-corrected chi connectivity index (χ1v) is 16.9. The minimum atomic E-state index is -4.11. The monoisotopic (exact) mass is 605 g/mol. The highest BCUT2D eigenvalue weighted by Gasteiger charge is 2.37. The van der Waals surface area contributed by atoms with Gasteiger partial charge in [0.2, 0.25) is 13.3 Å². The van der Waals surface area contributed by atoms with E-state index >= 15 is 0 Å². The van der Waals surface area contributed by atoms with Crippen molar-refractivity contribution in [2.45, 2.75) is 59.2 Å². The van der Waals surface area contributed by atoms with Crippen molar-refractivity contribution in [1.29, 1.82) is 0 Å². The number of amides is 3. The molecule has 0 aliphatic carbocycles. The van der Waals surface area contributed by atoms with Crippen molar-refractivity contribution < 1.29 is 23.8 Å². The molecule has 0 aromatic heterocycles. The molecular weight excluding hydrogens is 561 g/mol. The van der Waals surface area contributed by atoms with Crippen LogP contribution in [0.25, 0.3) is 0 Å². The van der Waals surface area contributed by atoms with Gasteiger partial charge in [0.1, 0.15) is 5.78 Å². The molecule has 3 rings (SSSR count). The molecule has 0 aliphatic heterocycles. The maximum atomic E-state index is 14.0. The van der Waals surface area contributed by atoms with Gasteiger partial charge in [-0.25, -0.2) is 0 Å². The Kier molecular flexibility index (Phi) is 12.7. The molecule has 3 N–H and O–H groups in total. The molecule has 9 heteroatoms. The van der Waals surface area contributed by atoms with Crippen molar-refractivity contribution in [2.24, 2.45) is 5.92 Å². The molecule has 0 aliphatic rings. The van der Waals surface area contributed by atoms with E-state index in [0.717, 1.165) is 24.0 Å². The van der Waals surface area contributed by atoms with Crippen LogP contribution in [0.2, 0.25) is 0 Å². The van der Waals surface area contributed by atoms with E-state index in [1.165, 1.54) is 6.07 Å². The highest BCUT2D eigenvalue weighted by molar-refractivity contribution is 7.58. The lowest BCUT2D eigenvalue weighted by atomic mass is 10.1. The van der Waals surface area contributed by atoms with Gasteiger partial charge in [0, 0.05) is 48.4 Å². The standard InChI is InChI=1S/C34H44N3O5P/c1-5-20-37(21-6-2)34(40)29-15-11-14-28(23-29)33(39)36-31(22-26-12-9-8-10-13-26)43(41,42)24-27(7-3)32(38)35-30-18-16-25(4)17-19-30/h8-19,23,27,31H,5-7,20-22,24H2,1-4H3,(H,35,38)(H,36,39)(H,41,42). The first-order valence-electron chi connectivity index (χ1n) is 15.0. The highest BCUT2D eigenvalue weighted by Crippen LogP contribution is 2.48. The van der Waals surface area contributed by atoms with Crippen molar-refractivity contribution in [2.75, 3.05) is 24.6 Å². The molecule has 0 bridgehead atoms. The van der Waals surface area contributed by atoms with Crippen LogP contribution in [-0.4, -0.2) is 52.5 Å². The van der Waals surface area contributed by atoms with Crippen LogP contribution in [0.15, 0.2) is 78.9 Å². The summed E-state index contributed by atoms with van der Waals surface area (Å²) in [6.07, 6.45) is 1.81. The Morgan fingerprint density at radius 3 is 2.09 bits per heavy atom. The van der Waals surface area contributed by atoms with Crippen molar-refractivity contribution in [3.8, 4) is 0 Å². The summed E-state index contributed by atoms with van der Waals surface area (Å²) in [5, 5.41) is 5.63. The van der Waals surface area contributed by atoms with Gasteiger partial charge in [-0.1, -0.05) is 74.9 Å². The first kappa shape index (κ1) is 33.8. The quantitative estimate of drug-likeness (QED) is 0.171. The lowest BCUT2D eigenvalue weighted by Gasteiger charge is -2.27. The predicted molar refractivity (Wildman–Crippen MR) is 173 cm³/mol. The van der Waals surface area contributed by atoms with E-state index in [2.05, 4.69) is 10.6 Å². The number of rotatable bonds is 15. The predicted octanol–water partition coefficient (Wildman–Crippen LogP) is 6.49. The fraction of sp³-hybridized carbons (Fsp3) is 0.382. The normalized spacial score (nSPS) is 13.8. The third-order valence-electron chi connectivity index (χ3n) is 7.37. The zero-order valence-corrected chi connectivity index (χ0v) is 26.5. The summed E-state index contributed by atoms with van der Waals surface area (Å²) in [7, 11) is -4.11. The molecule has 8 nitrogen and oxygen atoms in total. The van der Waals surface area contributed by atoms with Crippen LogP contribution in [0.3, 0.4) is 0 Å². The molecule has 0 radical (unpaired) electrons. The second kappa shape index (κ2) is 16.2. The average Bonchev–Trinajstić information content (AvgIpc) is 3.00. The van der Waals surface area contributed by atoms with Gasteiger partial charge >= 0.3 is 0 Å². The second-order valence-electron chi connectivity index (χ2n) is 11.0. The van der Waals surface area contributed by atoms with Crippen molar-refractivity contribution >= 4 is 30.8 Å². The molecule has 3 unspecified atom stereocenters. The average molecular weight is 606 g/mol. The molecule has 0 heterocycles. The smallest absolute Gasteiger partial charge is 0.253 e. The topological polar surface area (TPSA) is 116 Å². The van der Waals surface area contributed by atoms with E-state index in [-0.39, 0.29) is 30.0 Å². The van der Waals surface area contributed by atoms with Gasteiger partial charge in [0.25, 0.3) is 11.8 Å². The third-order valence-corrected chi connectivity index (χ3v) is 9.62. The van der Waals surface area contributed by atoms with Gasteiger partial charge in [-0.15, -0.1) is 0 Å². The molecule has 3 amide bonds. The summed E-state index contributed by atoms with van der Waals surface area (Å²) in [6.45, 7) is 9.00. The molecule has 3 atom stereocenters. The van der Waals surface area contributed by atoms with Gasteiger partial charge < -0.3 is 20.4 Å². The number of nitrogens with zero attached hydrogens (tertiary/aromatic N) is 1. The molecule has 3 aromatic rings. The number of anilines is 1. The second-order valence-corrected chi connectivity index (χ2v) is 13.5. The van der Waals surface area contributed by atoms with E-state index in [9.17, 15) is 23.8 Å². The minimum Gasteiger partial charge on any atom is -0.343 e. The maximum absolute atomic E-state index is 14.0. The number of hydrogen-bond acceptors (Lipinski definition) is 4. The van der Waals surface area contributed by atoms with E-state index < -0.39 is 25.0 Å². The molecule has 230 valence electrons. The van der Waals surface area contributed by atoms with Crippen LogP contribution >= 0.6 is 7.37 Å². The first-order chi connectivity index (χ1) is 20.6. The van der Waals surface area contributed by atoms with Gasteiger partial charge in [-0.2, -0.15) is 0 Å². The Labute approximate surface area is 255 Å². The molecular formula is C34H44N3O5P. The number of nitrogens with one attached hydrogen (secondary N) is 2. The largest absolute Gasteiger partial charge is 0.343 e. The van der Waals surface area contributed by atoms with E-state index in [0.29, 0.717) is 30.8 Å². The summed E-state index contributed by atoms with van der Waals surface area (Å²) in [5.41, 5.74) is 3.06. The van der Waals surface area contributed by atoms with Crippen molar-refractivity contribution in [1.82, 2.24) is 10.2 Å². The summed E-state index contributed by atoms with van der Waals surface area (Å²) in [5.74, 6) is -2.94. The van der Waals surface area contributed by atoms with Crippen LogP contribution in [0.1, 0.15) is 71.9 Å². The van der Waals surface area contributed by atoms with Crippen LogP contribution in [-0.2, 0) is 15.8 Å². The zero-order chi connectivity index (χ0) is 31.4. The summed E-state index contributed by atoms with van der Waals surface area (Å²) >= 11 is 0. The molecule has 0 spiro atoms. The Balaban J connectivity index is 1.83. The highest BCUT2D eigenvalue weighted by atomic mass is 31.2. The van der Waals surface area contributed by atoms with Gasteiger partial charge in [-0.05, 0) is 62.1 Å². The van der Waals surface area contributed by atoms with Crippen LogP contribution < -0.4 is 10.6 Å². The Morgan fingerprint density at radius 1 is 0.860 bits per heavy atom.